The molecule has 0 saturated carbocycles. The second-order valence-electron chi connectivity index (χ2n) is 6.19. The van der Waals surface area contributed by atoms with E-state index in [1.807, 2.05) is 60.7 Å². The van der Waals surface area contributed by atoms with Crippen LogP contribution in [0.1, 0.15) is 11.1 Å². The largest absolute Gasteiger partial charge is 0.490 e. The highest BCUT2D eigenvalue weighted by Crippen LogP contribution is 2.13. The van der Waals surface area contributed by atoms with E-state index >= 15 is 0 Å². The second kappa shape index (κ2) is 11.6. The third-order valence-electron chi connectivity index (χ3n) is 3.77. The Morgan fingerprint density at radius 2 is 1.27 bits per heavy atom. The fourth-order valence-electron chi connectivity index (χ4n) is 2.29. The topological polar surface area (TPSA) is 130 Å². The number of alkyl halides is 3. The lowest BCUT2D eigenvalue weighted by Gasteiger charge is -2.18. The van der Waals surface area contributed by atoms with Crippen LogP contribution in [0.2, 0.25) is 0 Å². The van der Waals surface area contributed by atoms with Crippen LogP contribution in [0, 0.1) is 0 Å². The number of aliphatic carboxylic acids is 2. The van der Waals surface area contributed by atoms with Gasteiger partial charge in [0.15, 0.2) is 0 Å². The summed E-state index contributed by atoms with van der Waals surface area (Å²) in [6.07, 6.45) is -4.50. The zero-order valence-corrected chi connectivity index (χ0v) is 15.7. The molecule has 5 N–H and O–H groups in total. The summed E-state index contributed by atoms with van der Waals surface area (Å²) in [6.45, 7) is 0. The number of carbonyl (C=O) groups is 3. The molecule has 0 saturated heterocycles. The molecule has 0 radical (unpaired) electrons. The number of nitrogens with one attached hydrogen (secondary N) is 1. The lowest BCUT2D eigenvalue weighted by Crippen LogP contribution is -2.50. The number of hydrogen-bond acceptors (Lipinski definition) is 4. The molecule has 1 amide bonds. The van der Waals surface area contributed by atoms with Crippen molar-refractivity contribution in [1.82, 2.24) is 5.32 Å². The van der Waals surface area contributed by atoms with Crippen molar-refractivity contribution in [3.63, 3.8) is 0 Å². The summed E-state index contributed by atoms with van der Waals surface area (Å²) in [7, 11) is 0. The van der Waals surface area contributed by atoms with Gasteiger partial charge >= 0.3 is 18.1 Å². The number of rotatable bonds is 7. The van der Waals surface area contributed by atoms with Gasteiger partial charge in [-0.15, -0.1) is 0 Å². The van der Waals surface area contributed by atoms with E-state index in [4.69, 9.17) is 15.6 Å². The molecule has 2 atom stereocenters. The highest BCUT2D eigenvalue weighted by atomic mass is 19.4. The highest BCUT2D eigenvalue weighted by Gasteiger charge is 2.38. The minimum atomic E-state index is -5.08. The third-order valence-corrected chi connectivity index (χ3v) is 3.77. The van der Waals surface area contributed by atoms with E-state index in [2.05, 4.69) is 5.32 Å². The zero-order chi connectivity index (χ0) is 22.7. The van der Waals surface area contributed by atoms with Crippen LogP contribution >= 0.6 is 0 Å². The minimum absolute atomic E-state index is 0.222. The Kier molecular flexibility index (Phi) is 9.50. The van der Waals surface area contributed by atoms with Gasteiger partial charge in [0, 0.05) is 6.42 Å². The average Bonchev–Trinajstić information content (AvgIpc) is 2.68. The van der Waals surface area contributed by atoms with Gasteiger partial charge < -0.3 is 21.3 Å². The molecule has 0 fully saturated rings. The summed E-state index contributed by atoms with van der Waals surface area (Å²) >= 11 is 0. The van der Waals surface area contributed by atoms with Crippen molar-refractivity contribution in [2.45, 2.75) is 31.1 Å². The number of carboxylic acid groups (broad SMARTS) is 2. The number of benzene rings is 2. The summed E-state index contributed by atoms with van der Waals surface area (Å²) in [6, 6.07) is 16.8. The van der Waals surface area contributed by atoms with Crippen molar-refractivity contribution >= 4 is 17.8 Å². The van der Waals surface area contributed by atoms with Crippen molar-refractivity contribution in [3.8, 4) is 0 Å². The van der Waals surface area contributed by atoms with Crippen LogP contribution in [0.4, 0.5) is 13.2 Å². The molecule has 0 aromatic heterocycles. The SMILES string of the molecule is N[C@@H](Cc1ccccc1)C(=O)N[C@H](Cc1ccccc1)C(=O)O.O=C(O)C(F)(F)F. The van der Waals surface area contributed by atoms with Crippen molar-refractivity contribution < 1.29 is 37.8 Å². The number of nitrogens with two attached hydrogens (primary N) is 1. The van der Waals surface area contributed by atoms with Crippen LogP contribution in [0.3, 0.4) is 0 Å². The Hall–Kier alpha value is -3.40. The Morgan fingerprint density at radius 3 is 1.63 bits per heavy atom. The molecule has 2 rings (SSSR count). The highest BCUT2D eigenvalue weighted by molar-refractivity contribution is 5.87. The Morgan fingerprint density at radius 1 is 0.867 bits per heavy atom. The Bertz CT molecular complexity index is 829. The van der Waals surface area contributed by atoms with Gasteiger partial charge in [0.2, 0.25) is 5.91 Å². The molecule has 0 bridgehead atoms. The maximum Gasteiger partial charge on any atom is 0.490 e. The van der Waals surface area contributed by atoms with Crippen LogP contribution in [-0.2, 0) is 27.2 Å². The standard InChI is InChI=1S/C18H20N2O3.C2HF3O2/c19-15(11-13-7-3-1-4-8-13)17(21)20-16(18(22)23)12-14-9-5-2-6-10-14;3-2(4,5)1(6)7/h1-10,15-16H,11-12,19H2,(H,20,21)(H,22,23);(H,6,7)/t15-,16+;/m0./s1. The van der Waals surface area contributed by atoms with Crippen LogP contribution in [0.15, 0.2) is 60.7 Å². The summed E-state index contributed by atoms with van der Waals surface area (Å²) in [4.78, 5) is 32.4. The van der Waals surface area contributed by atoms with Crippen LogP contribution in [0.25, 0.3) is 0 Å². The third kappa shape index (κ3) is 9.20. The molecular weight excluding hydrogens is 405 g/mol. The van der Waals surface area contributed by atoms with E-state index in [-0.39, 0.29) is 6.42 Å². The first kappa shape index (κ1) is 24.6. The fourth-order valence-corrected chi connectivity index (χ4v) is 2.29. The molecule has 30 heavy (non-hydrogen) atoms. The van der Waals surface area contributed by atoms with Gasteiger partial charge in [0.1, 0.15) is 6.04 Å². The monoisotopic (exact) mass is 426 g/mol. The van der Waals surface area contributed by atoms with Gasteiger partial charge in [-0.05, 0) is 17.5 Å². The Balaban J connectivity index is 0.000000553. The predicted molar refractivity (Wildman–Crippen MR) is 102 cm³/mol. The molecule has 0 heterocycles. The summed E-state index contributed by atoms with van der Waals surface area (Å²) < 4.78 is 31.7. The lowest BCUT2D eigenvalue weighted by atomic mass is 10.0. The fraction of sp³-hybridized carbons (Fsp3) is 0.250. The minimum Gasteiger partial charge on any atom is -0.480 e. The molecule has 0 aliphatic heterocycles. The van der Waals surface area contributed by atoms with E-state index in [0.717, 1.165) is 11.1 Å². The summed E-state index contributed by atoms with van der Waals surface area (Å²) in [5, 5.41) is 18.9. The van der Waals surface area contributed by atoms with Crippen LogP contribution in [-0.4, -0.2) is 46.3 Å². The number of halogens is 3. The number of amides is 1. The van der Waals surface area contributed by atoms with Gasteiger partial charge in [-0.2, -0.15) is 13.2 Å². The zero-order valence-electron chi connectivity index (χ0n) is 15.7. The number of carbonyl (C=O) groups excluding carboxylic acids is 1. The maximum absolute atomic E-state index is 12.2. The van der Waals surface area contributed by atoms with Crippen LogP contribution < -0.4 is 11.1 Å². The molecule has 2 aromatic carbocycles. The molecule has 0 unspecified atom stereocenters. The lowest BCUT2D eigenvalue weighted by molar-refractivity contribution is -0.192. The quantitative estimate of drug-likeness (QED) is 0.536. The van der Waals surface area contributed by atoms with Crippen molar-refractivity contribution in [2.75, 3.05) is 0 Å². The van der Waals surface area contributed by atoms with E-state index in [1.165, 1.54) is 0 Å². The van der Waals surface area contributed by atoms with Gasteiger partial charge in [-0.25, -0.2) is 9.59 Å². The summed E-state index contributed by atoms with van der Waals surface area (Å²) in [5.74, 6) is -4.29. The molecular formula is C20H21F3N2O5. The predicted octanol–water partition coefficient (Wildman–Crippen LogP) is 2.00. The Labute approximate surface area is 170 Å². The normalized spacial score (nSPS) is 12.7. The molecule has 0 aliphatic rings. The number of carboxylic acids is 2. The molecule has 0 spiro atoms. The maximum atomic E-state index is 12.2. The van der Waals surface area contributed by atoms with Crippen molar-refractivity contribution in [1.29, 1.82) is 0 Å². The van der Waals surface area contributed by atoms with Crippen LogP contribution in [0.5, 0.6) is 0 Å². The average molecular weight is 426 g/mol. The molecule has 0 aliphatic carbocycles. The van der Waals surface area contributed by atoms with Gasteiger partial charge in [-0.3, -0.25) is 4.79 Å². The molecule has 162 valence electrons. The molecule has 10 heteroatoms. The molecule has 7 nitrogen and oxygen atoms in total. The van der Waals surface area contributed by atoms with Gasteiger partial charge in [-0.1, -0.05) is 60.7 Å². The second-order valence-corrected chi connectivity index (χ2v) is 6.19. The first-order valence-corrected chi connectivity index (χ1v) is 8.67. The molecule has 2 aromatic rings. The van der Waals surface area contributed by atoms with Gasteiger partial charge in [0.05, 0.1) is 6.04 Å². The van der Waals surface area contributed by atoms with E-state index in [0.29, 0.717) is 6.42 Å². The van der Waals surface area contributed by atoms with Crippen molar-refractivity contribution in [2.24, 2.45) is 5.73 Å². The van der Waals surface area contributed by atoms with E-state index in [9.17, 15) is 27.9 Å². The van der Waals surface area contributed by atoms with E-state index in [1.54, 1.807) is 0 Å². The van der Waals surface area contributed by atoms with Gasteiger partial charge in [0.25, 0.3) is 0 Å². The number of hydrogen-bond donors (Lipinski definition) is 4. The first-order valence-electron chi connectivity index (χ1n) is 8.67. The van der Waals surface area contributed by atoms with E-state index < -0.39 is 36.1 Å². The smallest absolute Gasteiger partial charge is 0.480 e. The van der Waals surface area contributed by atoms with Crippen molar-refractivity contribution in [3.05, 3.63) is 71.8 Å². The first-order chi connectivity index (χ1) is 14.0. The summed E-state index contributed by atoms with van der Waals surface area (Å²) in [5.41, 5.74) is 7.67.